The van der Waals surface area contributed by atoms with Crippen molar-refractivity contribution < 1.29 is 14.2 Å². The van der Waals surface area contributed by atoms with Crippen molar-refractivity contribution in [3.8, 4) is 11.5 Å². The van der Waals surface area contributed by atoms with Crippen LogP contribution < -0.4 is 20.1 Å². The molecule has 7 nitrogen and oxygen atoms in total. The van der Waals surface area contributed by atoms with Crippen LogP contribution in [0.5, 0.6) is 11.5 Å². The molecule has 168 valence electrons. The van der Waals surface area contributed by atoms with Gasteiger partial charge in [-0.1, -0.05) is 24.3 Å². The smallest absolute Gasteiger partial charge is 0.195 e. The van der Waals surface area contributed by atoms with Crippen LogP contribution in [0.2, 0.25) is 0 Å². The second-order valence-corrected chi connectivity index (χ2v) is 7.47. The van der Waals surface area contributed by atoms with Gasteiger partial charge in [-0.15, -0.1) is 24.0 Å². The Morgan fingerprint density at radius 2 is 1.74 bits per heavy atom. The Hall–Kier alpha value is -2.04. The van der Waals surface area contributed by atoms with E-state index in [0.717, 1.165) is 56.5 Å². The number of halogens is 1. The van der Waals surface area contributed by atoms with Gasteiger partial charge in [-0.2, -0.15) is 0 Å². The van der Waals surface area contributed by atoms with E-state index < -0.39 is 0 Å². The fraction of sp³-hybridized carbons (Fsp3) is 0.435. The summed E-state index contributed by atoms with van der Waals surface area (Å²) in [5.41, 5.74) is 3.46. The van der Waals surface area contributed by atoms with E-state index >= 15 is 0 Å². The third-order valence-electron chi connectivity index (χ3n) is 5.20. The summed E-state index contributed by atoms with van der Waals surface area (Å²) in [4.78, 5) is 6.78. The Bertz CT molecular complexity index is 872. The number of hydrogen-bond acceptors (Lipinski definition) is 5. The van der Waals surface area contributed by atoms with Crippen LogP contribution >= 0.6 is 24.0 Å². The number of nitrogens with zero attached hydrogens (tertiary/aromatic N) is 2. The molecule has 0 aliphatic carbocycles. The Balaban J connectivity index is 0.00000272. The zero-order valence-corrected chi connectivity index (χ0v) is 20.3. The van der Waals surface area contributed by atoms with Crippen LogP contribution in [0.25, 0.3) is 0 Å². The minimum absolute atomic E-state index is 0. The number of hydrogen-bond donors (Lipinski definition) is 2. The highest BCUT2D eigenvalue weighted by Crippen LogP contribution is 2.32. The number of nitrogens with one attached hydrogen (secondary N) is 2. The molecule has 2 aliphatic heterocycles. The van der Waals surface area contributed by atoms with Crippen LogP contribution in [0.15, 0.2) is 47.5 Å². The third-order valence-corrected chi connectivity index (χ3v) is 5.20. The molecule has 4 rings (SSSR count). The Morgan fingerprint density at radius 3 is 2.55 bits per heavy atom. The summed E-state index contributed by atoms with van der Waals surface area (Å²) in [5.74, 6) is 2.27. The molecule has 0 bridgehead atoms. The van der Waals surface area contributed by atoms with Gasteiger partial charge in [0.15, 0.2) is 17.5 Å². The van der Waals surface area contributed by atoms with Gasteiger partial charge in [0.05, 0.1) is 26.4 Å². The largest absolute Gasteiger partial charge is 0.490 e. The van der Waals surface area contributed by atoms with Gasteiger partial charge in [-0.25, -0.2) is 0 Å². The summed E-state index contributed by atoms with van der Waals surface area (Å²) >= 11 is 0. The topological polar surface area (TPSA) is 67.4 Å². The number of guanidine groups is 1. The first-order chi connectivity index (χ1) is 14.8. The van der Waals surface area contributed by atoms with E-state index in [4.69, 9.17) is 14.2 Å². The molecule has 0 amide bonds. The molecule has 8 heteroatoms. The summed E-state index contributed by atoms with van der Waals surface area (Å²) < 4.78 is 16.9. The van der Waals surface area contributed by atoms with Crippen LogP contribution in [0.1, 0.15) is 17.5 Å². The fourth-order valence-electron chi connectivity index (χ4n) is 3.60. The van der Waals surface area contributed by atoms with Crippen LogP contribution in [0, 0.1) is 0 Å². The third kappa shape index (κ3) is 6.98. The van der Waals surface area contributed by atoms with Crippen molar-refractivity contribution in [3.63, 3.8) is 0 Å². The molecule has 2 aliphatic rings. The summed E-state index contributed by atoms with van der Waals surface area (Å²) in [6.45, 7) is 6.65. The summed E-state index contributed by atoms with van der Waals surface area (Å²) in [5, 5.41) is 6.72. The highest BCUT2D eigenvalue weighted by atomic mass is 127. The molecule has 1 fully saturated rings. The predicted molar refractivity (Wildman–Crippen MR) is 134 cm³/mol. The molecule has 2 aromatic carbocycles. The van der Waals surface area contributed by atoms with Crippen molar-refractivity contribution in [2.45, 2.75) is 19.5 Å². The summed E-state index contributed by atoms with van der Waals surface area (Å²) in [7, 11) is 1.77. The van der Waals surface area contributed by atoms with E-state index in [2.05, 4.69) is 44.8 Å². The van der Waals surface area contributed by atoms with Gasteiger partial charge < -0.3 is 24.8 Å². The van der Waals surface area contributed by atoms with Gasteiger partial charge in [0.25, 0.3) is 0 Å². The lowest BCUT2D eigenvalue weighted by Gasteiger charge is -2.26. The summed E-state index contributed by atoms with van der Waals surface area (Å²) in [6.07, 6.45) is 0.894. The number of morpholine rings is 1. The number of anilines is 1. The molecule has 0 unspecified atom stereocenters. The lowest BCUT2D eigenvalue weighted by Crippen LogP contribution is -2.35. The quantitative estimate of drug-likeness (QED) is 0.345. The van der Waals surface area contributed by atoms with Crippen LogP contribution in [-0.2, 0) is 17.8 Å². The number of fused-ring (bicyclic) bond motifs is 1. The van der Waals surface area contributed by atoms with Crippen molar-refractivity contribution in [2.75, 3.05) is 51.9 Å². The van der Waals surface area contributed by atoms with Gasteiger partial charge >= 0.3 is 0 Å². The first kappa shape index (κ1) is 23.6. The van der Waals surface area contributed by atoms with Gasteiger partial charge in [-0.3, -0.25) is 9.89 Å². The van der Waals surface area contributed by atoms with E-state index in [9.17, 15) is 0 Å². The van der Waals surface area contributed by atoms with E-state index in [1.54, 1.807) is 7.05 Å². The average Bonchev–Trinajstić information content (AvgIpc) is 3.02. The molecule has 0 spiro atoms. The molecule has 1 saturated heterocycles. The van der Waals surface area contributed by atoms with E-state index in [0.29, 0.717) is 25.7 Å². The normalized spacial score (nSPS) is 16.7. The van der Waals surface area contributed by atoms with Gasteiger partial charge in [-0.05, 0) is 23.3 Å². The van der Waals surface area contributed by atoms with Crippen LogP contribution in [-0.4, -0.2) is 57.4 Å². The first-order valence-corrected chi connectivity index (χ1v) is 10.6. The lowest BCUT2D eigenvalue weighted by molar-refractivity contribution is 0.0342. The monoisotopic (exact) mass is 538 g/mol. The van der Waals surface area contributed by atoms with Crippen LogP contribution in [0.4, 0.5) is 5.69 Å². The molecular formula is C23H31IN4O3. The summed E-state index contributed by atoms with van der Waals surface area (Å²) in [6, 6.07) is 14.6. The van der Waals surface area contributed by atoms with Crippen molar-refractivity contribution >= 4 is 35.6 Å². The second kappa shape index (κ2) is 12.1. The minimum Gasteiger partial charge on any atom is -0.490 e. The molecule has 0 aromatic heterocycles. The molecule has 2 aromatic rings. The number of benzene rings is 2. The second-order valence-electron chi connectivity index (χ2n) is 7.47. The number of ether oxygens (including phenoxy) is 3. The Morgan fingerprint density at radius 1 is 0.968 bits per heavy atom. The maximum Gasteiger partial charge on any atom is 0.195 e. The molecular weight excluding hydrogens is 507 g/mol. The lowest BCUT2D eigenvalue weighted by atomic mass is 10.1. The van der Waals surface area contributed by atoms with Crippen molar-refractivity contribution in [1.82, 2.24) is 10.2 Å². The first-order valence-electron chi connectivity index (χ1n) is 10.6. The Kier molecular flexibility index (Phi) is 9.23. The molecule has 2 N–H and O–H groups in total. The van der Waals surface area contributed by atoms with Crippen molar-refractivity contribution in [2.24, 2.45) is 4.99 Å². The SMILES string of the molecule is CN=C(NCc1cccc(CN2CCOCC2)c1)Nc1ccc2c(c1)OCCCO2.I. The number of aliphatic imine (C=N–C) groups is 1. The zero-order valence-electron chi connectivity index (χ0n) is 17.9. The van der Waals surface area contributed by atoms with E-state index in [1.165, 1.54) is 11.1 Å². The van der Waals surface area contributed by atoms with Gasteiger partial charge in [0, 0.05) is 51.4 Å². The molecule has 0 radical (unpaired) electrons. The zero-order chi connectivity index (χ0) is 20.6. The Labute approximate surface area is 201 Å². The maximum absolute atomic E-state index is 5.77. The van der Waals surface area contributed by atoms with E-state index in [-0.39, 0.29) is 24.0 Å². The fourth-order valence-corrected chi connectivity index (χ4v) is 3.60. The van der Waals surface area contributed by atoms with Crippen molar-refractivity contribution in [1.29, 1.82) is 0 Å². The highest BCUT2D eigenvalue weighted by Gasteiger charge is 2.12. The molecule has 0 atom stereocenters. The van der Waals surface area contributed by atoms with Gasteiger partial charge in [0.2, 0.25) is 0 Å². The molecule has 2 heterocycles. The maximum atomic E-state index is 5.77. The standard InChI is InChI=1S/C23H30N4O3.HI/c1-24-23(26-20-6-7-21-22(15-20)30-11-3-10-29-21)25-16-18-4-2-5-19(14-18)17-27-8-12-28-13-9-27;/h2,4-7,14-15H,3,8-13,16-17H2,1H3,(H2,24,25,26);1H. The molecule has 31 heavy (non-hydrogen) atoms. The predicted octanol–water partition coefficient (Wildman–Crippen LogP) is 3.49. The van der Waals surface area contributed by atoms with E-state index in [1.807, 2.05) is 18.2 Å². The number of rotatable bonds is 5. The minimum atomic E-state index is 0. The molecule has 0 saturated carbocycles. The van der Waals surface area contributed by atoms with Crippen molar-refractivity contribution in [3.05, 3.63) is 53.6 Å². The average molecular weight is 538 g/mol. The van der Waals surface area contributed by atoms with Crippen LogP contribution in [0.3, 0.4) is 0 Å². The van der Waals surface area contributed by atoms with Gasteiger partial charge in [0.1, 0.15) is 0 Å². The highest BCUT2D eigenvalue weighted by molar-refractivity contribution is 14.0.